The number of carbonyl (C=O) groups excluding carboxylic acids is 2. The molecule has 1 heterocycles. The van der Waals surface area contributed by atoms with Gasteiger partial charge in [0.05, 0.1) is 6.61 Å². The van der Waals surface area contributed by atoms with Gasteiger partial charge in [-0.1, -0.05) is 17.7 Å². The monoisotopic (exact) mass is 365 g/mol. The lowest BCUT2D eigenvalue weighted by Gasteiger charge is -2.37. The van der Waals surface area contributed by atoms with Gasteiger partial charge in [-0.3, -0.25) is 9.59 Å². The number of benzene rings is 1. The van der Waals surface area contributed by atoms with Crippen molar-refractivity contribution in [3.05, 3.63) is 29.3 Å². The Morgan fingerprint density at radius 2 is 1.96 bits per heavy atom. The van der Waals surface area contributed by atoms with Crippen molar-refractivity contribution < 1.29 is 14.3 Å². The number of anilines is 1. The number of halogens is 1. The zero-order chi connectivity index (χ0) is 17.9. The topological polar surface area (TPSA) is 61.9 Å². The summed E-state index contributed by atoms with van der Waals surface area (Å²) in [5.41, 5.74) is 0.226. The van der Waals surface area contributed by atoms with E-state index < -0.39 is 5.41 Å². The molecule has 0 atom stereocenters. The Hall–Kier alpha value is -1.79. The number of nitrogens with zero attached hydrogens (tertiary/aromatic N) is 2. The van der Waals surface area contributed by atoms with Crippen LogP contribution in [0.2, 0.25) is 5.02 Å². The SMILES string of the molecule is COCCNC(=O)C1(C(=O)N2CCN(c3cccc(Cl)c3)CC2)CC1. The van der Waals surface area contributed by atoms with E-state index in [4.69, 9.17) is 16.3 Å². The molecule has 1 aromatic rings. The van der Waals surface area contributed by atoms with Gasteiger partial charge in [0, 0.05) is 50.5 Å². The highest BCUT2D eigenvalue weighted by Crippen LogP contribution is 2.47. The van der Waals surface area contributed by atoms with Gasteiger partial charge in [0.15, 0.2) is 0 Å². The predicted molar refractivity (Wildman–Crippen MR) is 96.8 cm³/mol. The van der Waals surface area contributed by atoms with Crippen molar-refractivity contribution in [1.82, 2.24) is 10.2 Å². The van der Waals surface area contributed by atoms with Crippen molar-refractivity contribution in [3.8, 4) is 0 Å². The maximum absolute atomic E-state index is 12.8. The van der Waals surface area contributed by atoms with E-state index in [0.717, 1.165) is 18.8 Å². The highest BCUT2D eigenvalue weighted by Gasteiger charge is 2.58. The summed E-state index contributed by atoms with van der Waals surface area (Å²) in [4.78, 5) is 29.3. The third-order valence-corrected chi connectivity index (χ3v) is 5.16. The number of ether oxygens (including phenoxy) is 1. The van der Waals surface area contributed by atoms with Crippen LogP contribution in [0, 0.1) is 5.41 Å². The molecule has 0 unspecified atom stereocenters. The Kier molecular flexibility index (Phi) is 5.49. The molecule has 1 aliphatic carbocycles. The summed E-state index contributed by atoms with van der Waals surface area (Å²) in [6.45, 7) is 3.62. The zero-order valence-corrected chi connectivity index (χ0v) is 15.2. The lowest BCUT2D eigenvalue weighted by atomic mass is 10.0. The first-order valence-corrected chi connectivity index (χ1v) is 9.02. The minimum absolute atomic E-state index is 0.0341. The van der Waals surface area contributed by atoms with Crippen LogP contribution >= 0.6 is 11.6 Å². The molecule has 1 saturated heterocycles. The average Bonchev–Trinajstić information content (AvgIpc) is 3.43. The first kappa shape index (κ1) is 18.0. The molecule has 2 amide bonds. The first-order valence-electron chi connectivity index (χ1n) is 8.64. The quantitative estimate of drug-likeness (QED) is 0.613. The van der Waals surface area contributed by atoms with Gasteiger partial charge in [0.2, 0.25) is 11.8 Å². The number of methoxy groups -OCH3 is 1. The number of rotatable bonds is 6. The van der Waals surface area contributed by atoms with Gasteiger partial charge in [0.25, 0.3) is 0 Å². The molecule has 0 bridgehead atoms. The molecule has 1 aromatic carbocycles. The second-order valence-corrected chi connectivity index (χ2v) is 7.03. The zero-order valence-electron chi connectivity index (χ0n) is 14.5. The third-order valence-electron chi connectivity index (χ3n) is 4.93. The van der Waals surface area contributed by atoms with Crippen molar-refractivity contribution in [2.45, 2.75) is 12.8 Å². The third kappa shape index (κ3) is 3.90. The van der Waals surface area contributed by atoms with Gasteiger partial charge in [-0.15, -0.1) is 0 Å². The highest BCUT2D eigenvalue weighted by molar-refractivity contribution is 6.30. The molecule has 136 valence electrons. The second kappa shape index (κ2) is 7.62. The summed E-state index contributed by atoms with van der Waals surface area (Å²) in [6, 6.07) is 7.74. The summed E-state index contributed by atoms with van der Waals surface area (Å²) in [5.74, 6) is -0.194. The minimum Gasteiger partial charge on any atom is -0.383 e. The van der Waals surface area contributed by atoms with E-state index in [1.165, 1.54) is 0 Å². The van der Waals surface area contributed by atoms with Crippen molar-refractivity contribution in [3.63, 3.8) is 0 Å². The van der Waals surface area contributed by atoms with Crippen LogP contribution in [0.4, 0.5) is 5.69 Å². The van der Waals surface area contributed by atoms with Crippen LogP contribution < -0.4 is 10.2 Å². The smallest absolute Gasteiger partial charge is 0.238 e. The molecule has 2 fully saturated rings. The molecule has 25 heavy (non-hydrogen) atoms. The number of hydrogen-bond donors (Lipinski definition) is 1. The molecule has 6 nitrogen and oxygen atoms in total. The van der Waals surface area contributed by atoms with Crippen LogP contribution in [0.1, 0.15) is 12.8 Å². The van der Waals surface area contributed by atoms with Gasteiger partial charge in [-0.2, -0.15) is 0 Å². The summed E-state index contributed by atoms with van der Waals surface area (Å²) < 4.78 is 4.94. The van der Waals surface area contributed by atoms with E-state index in [2.05, 4.69) is 10.2 Å². The lowest BCUT2D eigenvalue weighted by molar-refractivity contribution is -0.144. The standard InChI is InChI=1S/C18H24ClN3O3/c1-25-12-7-20-16(23)18(5-6-18)17(24)22-10-8-21(9-11-22)15-4-2-3-14(19)13-15/h2-4,13H,5-12H2,1H3,(H,20,23). The summed E-state index contributed by atoms with van der Waals surface area (Å²) in [7, 11) is 1.59. The van der Waals surface area contributed by atoms with Crippen LogP contribution in [0.5, 0.6) is 0 Å². The van der Waals surface area contributed by atoms with Crippen LogP contribution in [-0.4, -0.2) is 63.2 Å². The Morgan fingerprint density at radius 1 is 1.24 bits per heavy atom. The Morgan fingerprint density at radius 3 is 2.56 bits per heavy atom. The van der Waals surface area contributed by atoms with Crippen LogP contribution in [0.3, 0.4) is 0 Å². The predicted octanol–water partition coefficient (Wildman–Crippen LogP) is 1.53. The Labute approximate surface area is 153 Å². The van der Waals surface area contributed by atoms with Gasteiger partial charge < -0.3 is 19.9 Å². The fourth-order valence-corrected chi connectivity index (χ4v) is 3.43. The van der Waals surface area contributed by atoms with E-state index in [9.17, 15) is 9.59 Å². The maximum atomic E-state index is 12.8. The summed E-state index contributed by atoms with van der Waals surface area (Å²) >= 11 is 6.05. The minimum atomic E-state index is -0.841. The molecule has 1 aliphatic heterocycles. The average molecular weight is 366 g/mol. The fraction of sp³-hybridized carbons (Fsp3) is 0.556. The fourth-order valence-electron chi connectivity index (χ4n) is 3.24. The normalized spacial score (nSPS) is 18.8. The molecule has 2 aliphatic rings. The highest BCUT2D eigenvalue weighted by atomic mass is 35.5. The molecule has 0 radical (unpaired) electrons. The number of hydrogen-bond acceptors (Lipinski definition) is 4. The maximum Gasteiger partial charge on any atom is 0.238 e. The van der Waals surface area contributed by atoms with Gasteiger partial charge >= 0.3 is 0 Å². The van der Waals surface area contributed by atoms with Crippen LogP contribution in [0.15, 0.2) is 24.3 Å². The van der Waals surface area contributed by atoms with Crippen LogP contribution in [-0.2, 0) is 14.3 Å². The molecular formula is C18H24ClN3O3. The number of nitrogens with one attached hydrogen (secondary N) is 1. The van der Waals surface area contributed by atoms with E-state index in [1.54, 1.807) is 7.11 Å². The molecular weight excluding hydrogens is 342 g/mol. The van der Waals surface area contributed by atoms with Gasteiger partial charge in [0.1, 0.15) is 5.41 Å². The summed E-state index contributed by atoms with van der Waals surface area (Å²) in [5, 5.41) is 3.52. The van der Waals surface area contributed by atoms with Crippen molar-refractivity contribution in [2.75, 3.05) is 51.3 Å². The van der Waals surface area contributed by atoms with Crippen molar-refractivity contribution in [1.29, 1.82) is 0 Å². The van der Waals surface area contributed by atoms with Crippen molar-refractivity contribution >= 4 is 29.1 Å². The number of amides is 2. The largest absolute Gasteiger partial charge is 0.383 e. The molecule has 0 aromatic heterocycles. The van der Waals surface area contributed by atoms with E-state index in [1.807, 2.05) is 29.2 Å². The number of carbonyl (C=O) groups is 2. The molecule has 1 N–H and O–H groups in total. The Bertz CT molecular complexity index is 640. The second-order valence-electron chi connectivity index (χ2n) is 6.59. The Balaban J connectivity index is 1.55. The van der Waals surface area contributed by atoms with E-state index in [0.29, 0.717) is 44.1 Å². The molecule has 3 rings (SSSR count). The first-order chi connectivity index (χ1) is 12.1. The molecule has 1 saturated carbocycles. The van der Waals surface area contributed by atoms with Gasteiger partial charge in [-0.05, 0) is 31.0 Å². The summed E-state index contributed by atoms with van der Waals surface area (Å²) in [6.07, 6.45) is 1.28. The lowest BCUT2D eigenvalue weighted by Crippen LogP contribution is -2.53. The number of piperazine rings is 1. The van der Waals surface area contributed by atoms with E-state index >= 15 is 0 Å². The molecule has 0 spiro atoms. The van der Waals surface area contributed by atoms with Crippen molar-refractivity contribution in [2.24, 2.45) is 5.41 Å². The van der Waals surface area contributed by atoms with Crippen LogP contribution in [0.25, 0.3) is 0 Å². The van der Waals surface area contributed by atoms with E-state index in [-0.39, 0.29) is 11.8 Å². The molecule has 7 heteroatoms. The van der Waals surface area contributed by atoms with Gasteiger partial charge in [-0.25, -0.2) is 0 Å².